The zero-order valence-electron chi connectivity index (χ0n) is 26.7. The quantitative estimate of drug-likeness (QED) is 0.0558. The van der Waals surface area contributed by atoms with Gasteiger partial charge in [0, 0.05) is 29.2 Å². The number of unbranched alkanes of at least 4 members (excludes halogenated alkanes) is 1. The van der Waals surface area contributed by atoms with E-state index >= 15 is 0 Å². The maximum Gasteiger partial charge on any atom is 0.405 e. The van der Waals surface area contributed by atoms with Crippen LogP contribution in [0.5, 0.6) is 0 Å². The number of nitrogens with two attached hydrogens (primary N) is 1. The number of nitrogens with one attached hydrogen (secondary N) is 2. The summed E-state index contributed by atoms with van der Waals surface area (Å²) in [5.74, 6) is 0.0851. The number of rotatable bonds is 13. The number of fused-ring (bicyclic) bond motifs is 3. The van der Waals surface area contributed by atoms with Crippen LogP contribution < -0.4 is 11.1 Å². The van der Waals surface area contributed by atoms with Gasteiger partial charge in [-0.1, -0.05) is 115 Å². The molecule has 0 spiro atoms. The summed E-state index contributed by atoms with van der Waals surface area (Å²) in [4.78, 5) is 30.9. The van der Waals surface area contributed by atoms with Gasteiger partial charge in [0.25, 0.3) is 0 Å². The van der Waals surface area contributed by atoms with E-state index in [4.69, 9.17) is 22.7 Å². The molecule has 1 amide bonds. The monoisotopic (exact) mass is 704 g/mol. The number of amidine groups is 2. The van der Waals surface area contributed by atoms with Crippen LogP contribution in [0.4, 0.5) is 13.2 Å². The third-order valence-electron chi connectivity index (χ3n) is 8.55. The van der Waals surface area contributed by atoms with Gasteiger partial charge in [-0.2, -0.15) is 13.2 Å². The Morgan fingerprint density at radius 1 is 0.816 bits per heavy atom. The molecule has 1 aliphatic rings. The molecular weight excluding hydrogens is 669 g/mol. The minimum Gasteiger partial charge on any atom is -0.387 e. The Morgan fingerprint density at radius 2 is 1.41 bits per heavy atom. The largest absolute Gasteiger partial charge is 0.405 e. The second-order valence-corrected chi connectivity index (χ2v) is 13.4. The van der Waals surface area contributed by atoms with Crippen molar-refractivity contribution in [1.29, 1.82) is 5.41 Å². The Labute approximate surface area is 292 Å². The molecule has 1 aliphatic carbocycles. The van der Waals surface area contributed by atoms with E-state index in [-0.39, 0.29) is 23.2 Å². The lowest BCUT2D eigenvalue weighted by Gasteiger charge is -2.31. The predicted octanol–water partition coefficient (Wildman–Crippen LogP) is 9.20. The molecule has 0 saturated carbocycles. The molecule has 4 aromatic rings. The second-order valence-electron chi connectivity index (χ2n) is 11.8. The Kier molecular flexibility index (Phi) is 11.6. The standard InChI is InChI=1S/C38H36ClF3N4O2S/c39-26-20-18-25(19-21-26)27-10-1-2-13-30(27)33(47)16-9-17-34(43)46-36(44)49-23-8-7-22-37(35(48)45-24-38(40,41)42)31-14-5-3-11-28(31)29-12-4-6-15-32(29)37/h1-6,10-15,18-21H,7-9,16-17,22-24H2,(H,45,48)(H3,43,44,46). The van der Waals surface area contributed by atoms with Gasteiger partial charge >= 0.3 is 6.18 Å². The lowest BCUT2D eigenvalue weighted by atomic mass is 9.73. The number of nitrogens with zero attached hydrogens (tertiary/aromatic N) is 1. The SMILES string of the molecule is N=C(N=C(N)CCCC(=O)c1ccccc1-c1ccc(Cl)cc1)SCCCCC1(C(=O)NCC(F)(F)F)c2ccccc2-c2ccccc21. The predicted molar refractivity (Wildman–Crippen MR) is 192 cm³/mol. The number of carbonyl (C=O) groups excluding carboxylic acids is 2. The van der Waals surface area contributed by atoms with Gasteiger partial charge in [0.1, 0.15) is 17.8 Å². The number of carbonyl (C=O) groups is 2. The molecular formula is C38H36ClF3N4O2S. The van der Waals surface area contributed by atoms with Crippen molar-refractivity contribution in [3.05, 3.63) is 119 Å². The summed E-state index contributed by atoms with van der Waals surface area (Å²) in [5, 5.41) is 11.1. The van der Waals surface area contributed by atoms with Gasteiger partial charge in [-0.3, -0.25) is 15.0 Å². The zero-order chi connectivity index (χ0) is 35.0. The van der Waals surface area contributed by atoms with Crippen LogP contribution in [0.2, 0.25) is 5.02 Å². The zero-order valence-corrected chi connectivity index (χ0v) is 28.2. The number of halogens is 4. The number of thioether (sulfide) groups is 1. The van der Waals surface area contributed by atoms with Crippen molar-refractivity contribution in [3.8, 4) is 22.3 Å². The van der Waals surface area contributed by atoms with E-state index in [1.165, 1.54) is 11.8 Å². The lowest BCUT2D eigenvalue weighted by molar-refractivity contribution is -0.141. The van der Waals surface area contributed by atoms with Gasteiger partial charge in [0.2, 0.25) is 5.91 Å². The van der Waals surface area contributed by atoms with Crippen LogP contribution in [0.1, 0.15) is 60.0 Å². The summed E-state index contributed by atoms with van der Waals surface area (Å²) in [5.41, 5.74) is 10.3. The summed E-state index contributed by atoms with van der Waals surface area (Å²) >= 11 is 7.23. The molecule has 254 valence electrons. The van der Waals surface area contributed by atoms with Crippen LogP contribution in [0.15, 0.2) is 102 Å². The van der Waals surface area contributed by atoms with E-state index in [1.54, 1.807) is 30.3 Å². The fourth-order valence-corrected chi connectivity index (χ4v) is 7.19. The highest BCUT2D eigenvalue weighted by Gasteiger charge is 2.49. The van der Waals surface area contributed by atoms with Crippen LogP contribution >= 0.6 is 23.4 Å². The maximum atomic E-state index is 13.6. The fourth-order valence-electron chi connectivity index (χ4n) is 6.34. The molecule has 0 aliphatic heterocycles. The highest BCUT2D eigenvalue weighted by atomic mass is 35.5. The van der Waals surface area contributed by atoms with Crippen LogP contribution in [0.25, 0.3) is 22.3 Å². The third kappa shape index (κ3) is 8.61. The Morgan fingerprint density at radius 3 is 2.04 bits per heavy atom. The van der Waals surface area contributed by atoms with Gasteiger partial charge in [0.15, 0.2) is 11.0 Å². The van der Waals surface area contributed by atoms with E-state index in [2.05, 4.69) is 10.3 Å². The first kappa shape index (κ1) is 35.9. The van der Waals surface area contributed by atoms with E-state index < -0.39 is 24.0 Å². The number of hydrogen-bond acceptors (Lipinski definition) is 4. The molecule has 4 aromatic carbocycles. The van der Waals surface area contributed by atoms with E-state index in [0.717, 1.165) is 22.3 Å². The number of ketones is 1. The molecule has 4 N–H and O–H groups in total. The normalized spacial score (nSPS) is 13.4. The summed E-state index contributed by atoms with van der Waals surface area (Å²) in [6.45, 7) is -1.41. The molecule has 0 heterocycles. The molecule has 0 unspecified atom stereocenters. The van der Waals surface area contributed by atoms with Gasteiger partial charge in [-0.05, 0) is 64.8 Å². The van der Waals surface area contributed by atoms with E-state index in [0.29, 0.717) is 59.6 Å². The highest BCUT2D eigenvalue weighted by molar-refractivity contribution is 8.13. The highest BCUT2D eigenvalue weighted by Crippen LogP contribution is 2.51. The summed E-state index contributed by atoms with van der Waals surface area (Å²) in [6, 6.07) is 29.5. The lowest BCUT2D eigenvalue weighted by Crippen LogP contribution is -2.47. The molecule has 0 saturated heterocycles. The van der Waals surface area contributed by atoms with Crippen molar-refractivity contribution >= 4 is 46.1 Å². The number of amides is 1. The summed E-state index contributed by atoms with van der Waals surface area (Å²) in [7, 11) is 0. The number of aliphatic imine (C=N–C) groups is 1. The van der Waals surface area contributed by atoms with E-state index in [9.17, 15) is 22.8 Å². The third-order valence-corrected chi connectivity index (χ3v) is 9.66. The molecule has 5 rings (SSSR count). The van der Waals surface area contributed by atoms with Crippen molar-refractivity contribution < 1.29 is 22.8 Å². The van der Waals surface area contributed by atoms with Crippen LogP contribution in [-0.4, -0.2) is 41.2 Å². The minimum absolute atomic E-state index is 0.0137. The van der Waals surface area contributed by atoms with Gasteiger partial charge in [-0.25, -0.2) is 4.99 Å². The molecule has 49 heavy (non-hydrogen) atoms. The van der Waals surface area contributed by atoms with Crippen molar-refractivity contribution in [2.45, 2.75) is 50.1 Å². The smallest absolute Gasteiger partial charge is 0.387 e. The van der Waals surface area contributed by atoms with E-state index in [1.807, 2.05) is 66.7 Å². The number of hydrogen-bond donors (Lipinski definition) is 3. The fraction of sp³-hybridized carbons (Fsp3) is 0.263. The number of benzene rings is 4. The van der Waals surface area contributed by atoms with Crippen molar-refractivity contribution in [2.75, 3.05) is 12.3 Å². The average Bonchev–Trinajstić information content (AvgIpc) is 3.37. The maximum absolute atomic E-state index is 13.6. The molecule has 0 aromatic heterocycles. The first-order chi connectivity index (χ1) is 23.5. The van der Waals surface area contributed by atoms with Gasteiger partial charge < -0.3 is 11.1 Å². The first-order valence-corrected chi connectivity index (χ1v) is 17.3. The first-order valence-electron chi connectivity index (χ1n) is 16.0. The van der Waals surface area contributed by atoms with Crippen LogP contribution in [0.3, 0.4) is 0 Å². The summed E-state index contributed by atoms with van der Waals surface area (Å²) < 4.78 is 39.4. The molecule has 0 bridgehead atoms. The molecule has 0 atom stereocenters. The minimum atomic E-state index is -4.53. The Hall–Kier alpha value is -4.41. The van der Waals surface area contributed by atoms with Gasteiger partial charge in [0.05, 0.1) is 0 Å². The summed E-state index contributed by atoms with van der Waals surface area (Å²) in [6.07, 6.45) is -2.00. The Bertz CT molecular complexity index is 1810. The second kappa shape index (κ2) is 15.9. The number of Topliss-reactive ketones (excluding diaryl/α,β-unsaturated/α-hetero) is 1. The van der Waals surface area contributed by atoms with Crippen LogP contribution in [0, 0.1) is 5.41 Å². The topological polar surface area (TPSA) is 108 Å². The molecule has 6 nitrogen and oxygen atoms in total. The number of alkyl halides is 3. The molecule has 0 radical (unpaired) electrons. The van der Waals surface area contributed by atoms with Crippen LogP contribution in [-0.2, 0) is 10.2 Å². The molecule has 0 fully saturated rings. The Balaban J connectivity index is 1.14. The van der Waals surface area contributed by atoms with Crippen molar-refractivity contribution in [1.82, 2.24) is 5.32 Å². The van der Waals surface area contributed by atoms with Crippen molar-refractivity contribution in [2.24, 2.45) is 10.7 Å². The average molecular weight is 705 g/mol. The molecule has 11 heteroatoms. The van der Waals surface area contributed by atoms with Gasteiger partial charge in [-0.15, -0.1) is 0 Å². The van der Waals surface area contributed by atoms with Crippen molar-refractivity contribution in [3.63, 3.8) is 0 Å².